The maximum atomic E-state index is 4.70. The summed E-state index contributed by atoms with van der Waals surface area (Å²) >= 11 is 1.49. The maximum absolute atomic E-state index is 4.70. The van der Waals surface area contributed by atoms with E-state index in [-0.39, 0.29) is 0 Å². The number of quaternary nitrogens is 1. The van der Waals surface area contributed by atoms with Crippen molar-refractivity contribution in [1.82, 2.24) is 9.36 Å². The van der Waals surface area contributed by atoms with Crippen molar-refractivity contribution in [3.8, 4) is 0 Å². The van der Waals surface area contributed by atoms with Gasteiger partial charge < -0.3 is 10.2 Å². The Morgan fingerprint density at radius 2 is 1.74 bits per heavy atom. The van der Waals surface area contributed by atoms with E-state index in [0.29, 0.717) is 6.04 Å². The fourth-order valence-electron chi connectivity index (χ4n) is 3.68. The molecule has 2 heterocycles. The third-order valence-corrected chi connectivity index (χ3v) is 5.95. The first-order chi connectivity index (χ1) is 13.2. The number of nitrogens with one attached hydrogen (secondary N) is 2. The lowest BCUT2D eigenvalue weighted by Gasteiger charge is -2.29. The predicted octanol–water partition coefficient (Wildman–Crippen LogP) is 3.10. The lowest BCUT2D eigenvalue weighted by Crippen LogP contribution is -3.12. The highest BCUT2D eigenvalue weighted by Crippen LogP contribution is 2.17. The van der Waals surface area contributed by atoms with Crippen LogP contribution in [-0.4, -0.2) is 28.5 Å². The molecule has 4 nitrogen and oxygen atoms in total. The van der Waals surface area contributed by atoms with Crippen molar-refractivity contribution < 1.29 is 4.90 Å². The molecule has 140 valence electrons. The van der Waals surface area contributed by atoms with E-state index in [9.17, 15) is 0 Å². The van der Waals surface area contributed by atoms with Gasteiger partial charge in [0.1, 0.15) is 12.4 Å². The zero-order valence-corrected chi connectivity index (χ0v) is 16.6. The number of hydrogen-bond donors (Lipinski definition) is 2. The van der Waals surface area contributed by atoms with Crippen LogP contribution in [0.5, 0.6) is 0 Å². The summed E-state index contributed by atoms with van der Waals surface area (Å²) in [4.78, 5) is 6.38. The number of aryl methyl sites for hydroxylation is 1. The number of hydrogen-bond acceptors (Lipinski definition) is 4. The molecule has 1 saturated heterocycles. The number of aromatic nitrogens is 2. The van der Waals surface area contributed by atoms with Crippen LogP contribution in [0.1, 0.15) is 35.4 Å². The largest absolute Gasteiger partial charge is 0.357 e. The zero-order valence-electron chi connectivity index (χ0n) is 15.8. The highest BCUT2D eigenvalue weighted by Gasteiger charge is 2.23. The van der Waals surface area contributed by atoms with E-state index in [0.717, 1.165) is 23.9 Å². The molecule has 1 fully saturated rings. The Morgan fingerprint density at radius 1 is 1.00 bits per heavy atom. The smallest absolute Gasteiger partial charge is 0.202 e. The van der Waals surface area contributed by atoms with Crippen molar-refractivity contribution >= 4 is 16.7 Å². The van der Waals surface area contributed by atoms with Gasteiger partial charge in [0, 0.05) is 42.4 Å². The second-order valence-electron chi connectivity index (χ2n) is 7.51. The summed E-state index contributed by atoms with van der Waals surface area (Å²) < 4.78 is 4.53. The monoisotopic (exact) mass is 379 g/mol. The number of benzene rings is 2. The molecule has 2 N–H and O–H groups in total. The van der Waals surface area contributed by atoms with Gasteiger partial charge in [0.15, 0.2) is 0 Å². The molecule has 2 aromatic carbocycles. The molecule has 0 radical (unpaired) electrons. The van der Waals surface area contributed by atoms with Gasteiger partial charge in [0.05, 0.1) is 13.1 Å². The molecular formula is C22H27N4S+. The molecular weight excluding hydrogens is 352 g/mol. The van der Waals surface area contributed by atoms with Gasteiger partial charge in [-0.15, -0.1) is 0 Å². The van der Waals surface area contributed by atoms with Crippen LogP contribution in [0.3, 0.4) is 0 Å². The minimum Gasteiger partial charge on any atom is -0.357 e. The van der Waals surface area contributed by atoms with Crippen molar-refractivity contribution in [2.24, 2.45) is 0 Å². The highest BCUT2D eigenvalue weighted by atomic mass is 32.1. The standard InChI is InChI=1S/C22H26N4S/c1-17-7-9-18(10-8-17)15-21-24-22(27-25-21)23-20-11-13-26(14-12-20)16-19-5-3-2-4-6-19/h2-10,20H,11-16H2,1H3,(H,23,24,25)/p+1. The molecule has 27 heavy (non-hydrogen) atoms. The topological polar surface area (TPSA) is 42.2 Å². The Bertz CT molecular complexity index is 836. The van der Waals surface area contributed by atoms with E-state index in [1.165, 1.54) is 54.2 Å². The van der Waals surface area contributed by atoms with Crippen LogP contribution < -0.4 is 10.2 Å². The minimum absolute atomic E-state index is 0.518. The molecule has 1 aliphatic rings. The second kappa shape index (κ2) is 8.63. The first-order valence-corrected chi connectivity index (χ1v) is 10.5. The number of anilines is 1. The molecule has 5 heteroatoms. The molecule has 1 aromatic heterocycles. The molecule has 0 unspecified atom stereocenters. The number of nitrogens with zero attached hydrogens (tertiary/aromatic N) is 2. The minimum atomic E-state index is 0.518. The Kier molecular flexibility index (Phi) is 5.80. The third kappa shape index (κ3) is 5.15. The Balaban J connectivity index is 1.26. The maximum Gasteiger partial charge on any atom is 0.202 e. The molecule has 4 rings (SSSR count). The quantitative estimate of drug-likeness (QED) is 0.692. The summed E-state index contributed by atoms with van der Waals surface area (Å²) in [6.45, 7) is 5.66. The van der Waals surface area contributed by atoms with Crippen LogP contribution in [-0.2, 0) is 13.0 Å². The predicted molar refractivity (Wildman–Crippen MR) is 111 cm³/mol. The fourth-order valence-corrected chi connectivity index (χ4v) is 4.34. The Morgan fingerprint density at radius 3 is 2.48 bits per heavy atom. The van der Waals surface area contributed by atoms with Gasteiger partial charge in [0.2, 0.25) is 5.13 Å². The molecule has 0 amide bonds. The van der Waals surface area contributed by atoms with Gasteiger partial charge in [-0.3, -0.25) is 0 Å². The van der Waals surface area contributed by atoms with Gasteiger partial charge in [-0.1, -0.05) is 60.2 Å². The van der Waals surface area contributed by atoms with E-state index in [4.69, 9.17) is 4.98 Å². The average molecular weight is 380 g/mol. The summed E-state index contributed by atoms with van der Waals surface area (Å²) in [5.41, 5.74) is 3.99. The summed E-state index contributed by atoms with van der Waals surface area (Å²) in [6, 6.07) is 19.9. The number of likely N-dealkylation sites (tertiary alicyclic amines) is 1. The summed E-state index contributed by atoms with van der Waals surface area (Å²) in [6.07, 6.45) is 3.18. The van der Waals surface area contributed by atoms with Crippen LogP contribution in [0.2, 0.25) is 0 Å². The molecule has 0 spiro atoms. The first-order valence-electron chi connectivity index (χ1n) is 9.77. The average Bonchev–Trinajstić information content (AvgIpc) is 3.13. The third-order valence-electron chi connectivity index (χ3n) is 5.27. The van der Waals surface area contributed by atoms with Crippen LogP contribution in [0.4, 0.5) is 5.13 Å². The van der Waals surface area contributed by atoms with E-state index in [1.807, 2.05) is 0 Å². The normalized spacial score (nSPS) is 19.7. The number of piperidine rings is 1. The van der Waals surface area contributed by atoms with E-state index in [1.54, 1.807) is 4.90 Å². The van der Waals surface area contributed by atoms with Crippen molar-refractivity contribution in [2.75, 3.05) is 18.4 Å². The first kappa shape index (κ1) is 18.1. The molecule has 0 bridgehead atoms. The lowest BCUT2D eigenvalue weighted by molar-refractivity contribution is -0.918. The summed E-state index contributed by atoms with van der Waals surface area (Å²) in [7, 11) is 0. The van der Waals surface area contributed by atoms with Crippen molar-refractivity contribution in [2.45, 2.75) is 38.8 Å². The van der Waals surface area contributed by atoms with E-state index >= 15 is 0 Å². The lowest BCUT2D eigenvalue weighted by atomic mass is 10.0. The van der Waals surface area contributed by atoms with Crippen LogP contribution in [0.15, 0.2) is 54.6 Å². The fraction of sp³-hybridized carbons (Fsp3) is 0.364. The van der Waals surface area contributed by atoms with Gasteiger partial charge in [-0.05, 0) is 12.5 Å². The highest BCUT2D eigenvalue weighted by molar-refractivity contribution is 7.09. The Hall–Kier alpha value is -2.24. The number of rotatable bonds is 6. The van der Waals surface area contributed by atoms with E-state index in [2.05, 4.69) is 71.2 Å². The van der Waals surface area contributed by atoms with Crippen LogP contribution >= 0.6 is 11.5 Å². The Labute approximate surface area is 165 Å². The van der Waals surface area contributed by atoms with Crippen molar-refractivity contribution in [3.63, 3.8) is 0 Å². The van der Waals surface area contributed by atoms with Crippen LogP contribution in [0.25, 0.3) is 0 Å². The molecule has 0 atom stereocenters. The molecule has 3 aromatic rings. The van der Waals surface area contributed by atoms with Gasteiger partial charge >= 0.3 is 0 Å². The van der Waals surface area contributed by atoms with E-state index < -0.39 is 0 Å². The molecule has 1 aliphatic heterocycles. The summed E-state index contributed by atoms with van der Waals surface area (Å²) in [5.74, 6) is 0.915. The van der Waals surface area contributed by atoms with Gasteiger partial charge in [-0.2, -0.15) is 4.37 Å². The van der Waals surface area contributed by atoms with Gasteiger partial charge in [0.25, 0.3) is 0 Å². The van der Waals surface area contributed by atoms with Crippen molar-refractivity contribution in [3.05, 3.63) is 77.1 Å². The van der Waals surface area contributed by atoms with Gasteiger partial charge in [-0.25, -0.2) is 4.98 Å². The van der Waals surface area contributed by atoms with Crippen molar-refractivity contribution in [1.29, 1.82) is 0 Å². The second-order valence-corrected chi connectivity index (χ2v) is 8.26. The van der Waals surface area contributed by atoms with Crippen LogP contribution in [0, 0.1) is 6.92 Å². The molecule has 0 saturated carbocycles. The molecule has 0 aliphatic carbocycles. The summed E-state index contributed by atoms with van der Waals surface area (Å²) in [5, 5.41) is 4.58. The SMILES string of the molecule is Cc1ccc(Cc2nsc(NC3CC[NH+](Cc4ccccc4)CC3)n2)cc1. The zero-order chi connectivity index (χ0) is 18.5.